The van der Waals surface area contributed by atoms with Crippen molar-refractivity contribution in [1.82, 2.24) is 5.32 Å². The number of urea groups is 1. The van der Waals surface area contributed by atoms with Crippen LogP contribution in [0.3, 0.4) is 0 Å². The smallest absolute Gasteiger partial charge is 0.312 e. The highest BCUT2D eigenvalue weighted by atomic mass is 32.2. The van der Waals surface area contributed by atoms with E-state index in [2.05, 4.69) is 5.32 Å². The highest BCUT2D eigenvalue weighted by Crippen LogP contribution is 2.32. The zero-order valence-corrected chi connectivity index (χ0v) is 15.0. The minimum Gasteiger partial charge on any atom is -0.352 e. The number of anilines is 1. The Morgan fingerprint density at radius 3 is 2.54 bits per heavy atom. The molecular formula is C18H19N3O4S. The van der Waals surface area contributed by atoms with Crippen LogP contribution in [0.4, 0.5) is 10.5 Å². The summed E-state index contributed by atoms with van der Waals surface area (Å²) < 4.78 is 23.8. The number of benzene rings is 2. The molecule has 0 aliphatic carbocycles. The number of nitrogens with zero attached hydrogens (tertiary/aromatic N) is 1. The summed E-state index contributed by atoms with van der Waals surface area (Å²) >= 11 is 0. The van der Waals surface area contributed by atoms with Gasteiger partial charge in [-0.3, -0.25) is 4.79 Å². The van der Waals surface area contributed by atoms with Crippen molar-refractivity contribution in [3.8, 4) is 0 Å². The number of sulfone groups is 1. The Morgan fingerprint density at radius 1 is 1.23 bits per heavy atom. The van der Waals surface area contributed by atoms with Crippen LogP contribution in [0, 0.1) is 0 Å². The zero-order chi connectivity index (χ0) is 18.9. The SMILES string of the molecule is CS(=O)(=O)c1ccc2c(c1)N(Cc1ccccc1)C(=O)[C@H](NC(N)=O)C2. The van der Waals surface area contributed by atoms with Crippen molar-refractivity contribution in [3.05, 3.63) is 59.7 Å². The maximum Gasteiger partial charge on any atom is 0.312 e. The Bertz CT molecular complexity index is 958. The molecule has 0 fully saturated rings. The highest BCUT2D eigenvalue weighted by molar-refractivity contribution is 7.90. The van der Waals surface area contributed by atoms with Gasteiger partial charge in [-0.1, -0.05) is 36.4 Å². The summed E-state index contributed by atoms with van der Waals surface area (Å²) in [5, 5.41) is 2.46. The van der Waals surface area contributed by atoms with Crippen LogP contribution in [-0.2, 0) is 27.6 Å². The lowest BCUT2D eigenvalue weighted by Crippen LogP contribution is -2.53. The van der Waals surface area contributed by atoms with Crippen LogP contribution in [0.15, 0.2) is 53.4 Å². The van der Waals surface area contributed by atoms with Crippen molar-refractivity contribution < 1.29 is 18.0 Å². The van der Waals surface area contributed by atoms with Crippen LogP contribution in [0.2, 0.25) is 0 Å². The first-order chi connectivity index (χ1) is 12.3. The number of hydrogen-bond acceptors (Lipinski definition) is 4. The molecule has 0 radical (unpaired) electrons. The molecule has 2 aromatic carbocycles. The van der Waals surface area contributed by atoms with Crippen LogP contribution < -0.4 is 16.0 Å². The summed E-state index contributed by atoms with van der Waals surface area (Å²) in [6.45, 7) is 0.261. The molecule has 1 atom stereocenters. The third-order valence-corrected chi connectivity index (χ3v) is 5.37. The normalized spacial score (nSPS) is 16.9. The molecule has 0 spiro atoms. The Balaban J connectivity index is 2.06. The predicted octanol–water partition coefficient (Wildman–Crippen LogP) is 1.22. The fraction of sp³-hybridized carbons (Fsp3) is 0.222. The molecule has 2 aromatic rings. The van der Waals surface area contributed by atoms with Gasteiger partial charge in [0.15, 0.2) is 9.84 Å². The van der Waals surface area contributed by atoms with Crippen LogP contribution in [0.5, 0.6) is 0 Å². The summed E-state index contributed by atoms with van der Waals surface area (Å²) in [5.74, 6) is -0.328. The van der Waals surface area contributed by atoms with Gasteiger partial charge >= 0.3 is 6.03 Å². The van der Waals surface area contributed by atoms with E-state index in [0.717, 1.165) is 17.4 Å². The maximum absolute atomic E-state index is 12.9. The molecule has 0 bridgehead atoms. The van der Waals surface area contributed by atoms with Gasteiger partial charge < -0.3 is 16.0 Å². The molecule has 7 nitrogen and oxygen atoms in total. The second kappa shape index (κ2) is 6.80. The summed E-state index contributed by atoms with van der Waals surface area (Å²) in [7, 11) is -3.41. The van der Waals surface area contributed by atoms with E-state index in [9.17, 15) is 18.0 Å². The topological polar surface area (TPSA) is 110 Å². The average molecular weight is 373 g/mol. The number of carbonyl (C=O) groups is 2. The van der Waals surface area contributed by atoms with Crippen LogP contribution in [0.25, 0.3) is 0 Å². The molecular weight excluding hydrogens is 354 g/mol. The second-order valence-electron chi connectivity index (χ2n) is 6.24. The minimum atomic E-state index is -3.41. The van der Waals surface area contributed by atoms with Gasteiger partial charge in [0.25, 0.3) is 0 Å². The number of fused-ring (bicyclic) bond motifs is 1. The Labute approximate surface area is 151 Å². The molecule has 136 valence electrons. The van der Waals surface area contributed by atoms with Gasteiger partial charge in [-0.05, 0) is 23.3 Å². The monoisotopic (exact) mass is 373 g/mol. The highest BCUT2D eigenvalue weighted by Gasteiger charge is 2.34. The Hall–Kier alpha value is -2.87. The van der Waals surface area contributed by atoms with Gasteiger partial charge in [0.1, 0.15) is 6.04 Å². The molecule has 3 amide bonds. The van der Waals surface area contributed by atoms with E-state index in [0.29, 0.717) is 5.69 Å². The first-order valence-corrected chi connectivity index (χ1v) is 9.89. The van der Waals surface area contributed by atoms with E-state index < -0.39 is 21.9 Å². The van der Waals surface area contributed by atoms with Crippen molar-refractivity contribution in [1.29, 1.82) is 0 Å². The number of rotatable bonds is 4. The summed E-state index contributed by atoms with van der Waals surface area (Å²) in [4.78, 5) is 25.8. The lowest BCUT2D eigenvalue weighted by atomic mass is 9.96. The van der Waals surface area contributed by atoms with Gasteiger partial charge in [0.05, 0.1) is 11.4 Å². The molecule has 0 unspecified atom stereocenters. The van der Waals surface area contributed by atoms with E-state index in [4.69, 9.17) is 5.73 Å². The van der Waals surface area contributed by atoms with Crippen LogP contribution in [0.1, 0.15) is 11.1 Å². The first kappa shape index (κ1) is 17.9. The lowest BCUT2D eigenvalue weighted by Gasteiger charge is -2.34. The molecule has 8 heteroatoms. The van der Waals surface area contributed by atoms with Crippen molar-refractivity contribution in [3.63, 3.8) is 0 Å². The van der Waals surface area contributed by atoms with Gasteiger partial charge in [-0.25, -0.2) is 13.2 Å². The zero-order valence-electron chi connectivity index (χ0n) is 14.2. The fourth-order valence-electron chi connectivity index (χ4n) is 3.03. The molecule has 1 heterocycles. The molecule has 3 N–H and O–H groups in total. The van der Waals surface area contributed by atoms with E-state index in [1.54, 1.807) is 6.07 Å². The summed E-state index contributed by atoms with van der Waals surface area (Å²) in [6.07, 6.45) is 1.38. The summed E-state index contributed by atoms with van der Waals surface area (Å²) in [5.41, 5.74) is 7.37. The van der Waals surface area contributed by atoms with Crippen molar-refractivity contribution in [2.24, 2.45) is 5.73 Å². The maximum atomic E-state index is 12.9. The quantitative estimate of drug-likeness (QED) is 0.839. The molecule has 0 saturated carbocycles. The second-order valence-corrected chi connectivity index (χ2v) is 8.25. The Kier molecular flexibility index (Phi) is 4.69. The number of carbonyl (C=O) groups excluding carboxylic acids is 2. The third kappa shape index (κ3) is 3.70. The van der Waals surface area contributed by atoms with Crippen molar-refractivity contribution >= 4 is 27.5 Å². The van der Waals surface area contributed by atoms with E-state index in [-0.39, 0.29) is 23.8 Å². The molecule has 0 aromatic heterocycles. The van der Waals surface area contributed by atoms with E-state index in [1.165, 1.54) is 17.0 Å². The molecule has 3 rings (SSSR count). The number of hydrogen-bond donors (Lipinski definition) is 2. The number of nitrogens with two attached hydrogens (primary N) is 1. The molecule has 1 aliphatic rings. The van der Waals surface area contributed by atoms with Gasteiger partial charge in [0.2, 0.25) is 5.91 Å². The molecule has 0 saturated heterocycles. The fourth-order valence-corrected chi connectivity index (χ4v) is 3.67. The number of primary amides is 1. The Morgan fingerprint density at radius 2 is 1.92 bits per heavy atom. The van der Waals surface area contributed by atoms with Crippen LogP contribution in [-0.4, -0.2) is 32.7 Å². The molecule has 26 heavy (non-hydrogen) atoms. The largest absolute Gasteiger partial charge is 0.352 e. The van der Waals surface area contributed by atoms with Gasteiger partial charge in [0, 0.05) is 18.4 Å². The summed E-state index contributed by atoms with van der Waals surface area (Å²) in [6, 6.07) is 12.5. The van der Waals surface area contributed by atoms with Crippen molar-refractivity contribution in [2.75, 3.05) is 11.2 Å². The third-order valence-electron chi connectivity index (χ3n) is 4.26. The van der Waals surface area contributed by atoms with Crippen molar-refractivity contribution in [2.45, 2.75) is 23.9 Å². The number of amides is 3. The predicted molar refractivity (Wildman–Crippen MR) is 97.4 cm³/mol. The van der Waals surface area contributed by atoms with E-state index in [1.807, 2.05) is 30.3 Å². The van der Waals surface area contributed by atoms with Gasteiger partial charge in [-0.15, -0.1) is 0 Å². The standard InChI is InChI=1S/C18H19N3O4S/c1-26(24,25)14-8-7-13-9-15(20-18(19)23)17(22)21(16(13)10-14)11-12-5-3-2-4-6-12/h2-8,10,15H,9,11H2,1H3,(H3,19,20,23)/t15-/m1/s1. The average Bonchev–Trinajstić information content (AvgIpc) is 2.58. The van der Waals surface area contributed by atoms with Crippen LogP contribution >= 0.6 is 0 Å². The van der Waals surface area contributed by atoms with Gasteiger partial charge in [-0.2, -0.15) is 0 Å². The first-order valence-electron chi connectivity index (χ1n) is 8.00. The van der Waals surface area contributed by atoms with E-state index >= 15 is 0 Å². The minimum absolute atomic E-state index is 0.142. The molecule has 1 aliphatic heterocycles. The number of nitrogens with one attached hydrogen (secondary N) is 1. The lowest BCUT2D eigenvalue weighted by molar-refractivity contribution is -0.120.